The van der Waals surface area contributed by atoms with Gasteiger partial charge >= 0.3 is 0 Å². The second kappa shape index (κ2) is 8.81. The van der Waals surface area contributed by atoms with Crippen molar-refractivity contribution in [2.45, 2.75) is 31.0 Å². The van der Waals surface area contributed by atoms with Gasteiger partial charge in [0.1, 0.15) is 12.4 Å². The lowest BCUT2D eigenvalue weighted by Gasteiger charge is -2.36. The maximum Gasteiger partial charge on any atom is 0.253 e. The van der Waals surface area contributed by atoms with Crippen molar-refractivity contribution >= 4 is 5.91 Å². The fourth-order valence-electron chi connectivity index (χ4n) is 3.89. The van der Waals surface area contributed by atoms with E-state index in [2.05, 4.69) is 4.90 Å². The third kappa shape index (κ3) is 4.17. The number of carbonyl (C=O) groups excluding carboxylic acids is 1. The van der Waals surface area contributed by atoms with Gasteiger partial charge in [-0.05, 0) is 37.1 Å². The molecular weight excluding hydrogens is 334 g/mol. The summed E-state index contributed by atoms with van der Waals surface area (Å²) < 4.78 is 10.8. The molecule has 1 saturated carbocycles. The average Bonchev–Trinajstić information content (AvgIpc) is 3.07. The molecule has 1 heterocycles. The van der Waals surface area contributed by atoms with Gasteiger partial charge in [0.25, 0.3) is 5.91 Å². The molecule has 3 rings (SSSR count). The predicted octanol–water partition coefficient (Wildman–Crippen LogP) is 0.320. The molecule has 0 radical (unpaired) electrons. The van der Waals surface area contributed by atoms with E-state index in [1.54, 1.807) is 36.2 Å². The van der Waals surface area contributed by atoms with E-state index < -0.39 is 6.10 Å². The quantitative estimate of drug-likeness (QED) is 0.757. The van der Waals surface area contributed by atoms with Gasteiger partial charge in [0.15, 0.2) is 0 Å². The zero-order chi connectivity index (χ0) is 18.5. The Balaban J connectivity index is 1.61. The second-order valence-electron chi connectivity index (χ2n) is 6.93. The molecule has 2 aliphatic rings. The molecule has 1 amide bonds. The van der Waals surface area contributed by atoms with Crippen molar-refractivity contribution in [2.24, 2.45) is 5.73 Å². The highest BCUT2D eigenvalue weighted by atomic mass is 16.5. The Kier molecular flexibility index (Phi) is 6.48. The highest BCUT2D eigenvalue weighted by molar-refractivity contribution is 5.94. The number of nitrogens with two attached hydrogens (primary N) is 1. The van der Waals surface area contributed by atoms with E-state index in [1.165, 1.54) is 0 Å². The summed E-state index contributed by atoms with van der Waals surface area (Å²) in [5.74, 6) is 0.616. The van der Waals surface area contributed by atoms with Crippen LogP contribution in [-0.4, -0.2) is 85.5 Å². The largest absolute Gasteiger partial charge is 0.492 e. The van der Waals surface area contributed by atoms with Crippen LogP contribution in [0.25, 0.3) is 0 Å². The van der Waals surface area contributed by atoms with Crippen molar-refractivity contribution in [1.82, 2.24) is 9.80 Å². The van der Waals surface area contributed by atoms with E-state index in [4.69, 9.17) is 15.2 Å². The van der Waals surface area contributed by atoms with Gasteiger partial charge in [-0.3, -0.25) is 9.69 Å². The maximum absolute atomic E-state index is 12.8. The van der Waals surface area contributed by atoms with Crippen LogP contribution in [0.5, 0.6) is 5.75 Å². The average molecular weight is 363 g/mol. The predicted molar refractivity (Wildman–Crippen MR) is 98.3 cm³/mol. The van der Waals surface area contributed by atoms with Gasteiger partial charge in [-0.2, -0.15) is 0 Å². The molecular formula is C19H29N3O4. The molecule has 1 aliphatic heterocycles. The molecule has 3 N–H and O–H groups in total. The SMILES string of the molecule is CN(C(=O)c1ccc(OCCN)cc1)[C@@H]1CC[C@@H](N2CCOCC2)[C@@H]1O. The number of morpholine rings is 1. The van der Waals surface area contributed by atoms with E-state index in [9.17, 15) is 9.90 Å². The number of benzene rings is 1. The first-order valence-corrected chi connectivity index (χ1v) is 9.31. The van der Waals surface area contributed by atoms with Gasteiger partial charge < -0.3 is 25.2 Å². The molecule has 2 fully saturated rings. The zero-order valence-electron chi connectivity index (χ0n) is 15.3. The van der Waals surface area contributed by atoms with Gasteiger partial charge in [-0.25, -0.2) is 0 Å². The monoisotopic (exact) mass is 363 g/mol. The van der Waals surface area contributed by atoms with E-state index in [1.807, 2.05) is 0 Å². The summed E-state index contributed by atoms with van der Waals surface area (Å²) in [6.45, 7) is 4.01. The van der Waals surface area contributed by atoms with E-state index in [0.717, 1.165) is 25.9 Å². The molecule has 1 aliphatic carbocycles. The number of ether oxygens (including phenoxy) is 2. The smallest absolute Gasteiger partial charge is 0.253 e. The number of amides is 1. The minimum atomic E-state index is -0.533. The fraction of sp³-hybridized carbons (Fsp3) is 0.632. The molecule has 1 aromatic carbocycles. The summed E-state index contributed by atoms with van der Waals surface area (Å²) in [5, 5.41) is 10.8. The van der Waals surface area contributed by atoms with E-state index in [0.29, 0.717) is 37.7 Å². The Labute approximate surface area is 154 Å². The molecule has 0 aromatic heterocycles. The van der Waals surface area contributed by atoms with Crippen LogP contribution in [0.1, 0.15) is 23.2 Å². The van der Waals surface area contributed by atoms with Crippen molar-refractivity contribution in [2.75, 3.05) is 46.5 Å². The molecule has 3 atom stereocenters. The van der Waals surface area contributed by atoms with Crippen molar-refractivity contribution < 1.29 is 19.4 Å². The molecule has 1 saturated heterocycles. The molecule has 26 heavy (non-hydrogen) atoms. The van der Waals surface area contributed by atoms with Crippen molar-refractivity contribution in [3.8, 4) is 5.75 Å². The van der Waals surface area contributed by atoms with Crippen LogP contribution in [-0.2, 0) is 4.74 Å². The Bertz CT molecular complexity index is 589. The normalized spacial score (nSPS) is 26.7. The summed E-state index contributed by atoms with van der Waals surface area (Å²) in [6, 6.07) is 7.00. The number of aliphatic hydroxyl groups excluding tert-OH is 1. The number of likely N-dealkylation sites (N-methyl/N-ethyl adjacent to an activating group) is 1. The third-order valence-electron chi connectivity index (χ3n) is 5.37. The minimum Gasteiger partial charge on any atom is -0.492 e. The highest BCUT2D eigenvalue weighted by Crippen LogP contribution is 2.29. The van der Waals surface area contributed by atoms with Crippen LogP contribution >= 0.6 is 0 Å². The third-order valence-corrected chi connectivity index (χ3v) is 5.37. The van der Waals surface area contributed by atoms with Crippen LogP contribution in [0.2, 0.25) is 0 Å². The number of hydrogen-bond donors (Lipinski definition) is 2. The number of aliphatic hydroxyl groups is 1. The first-order chi connectivity index (χ1) is 12.6. The van der Waals surface area contributed by atoms with Crippen molar-refractivity contribution in [3.63, 3.8) is 0 Å². The van der Waals surface area contributed by atoms with Gasteiger partial charge in [-0.15, -0.1) is 0 Å². The van der Waals surface area contributed by atoms with E-state index >= 15 is 0 Å². The van der Waals surface area contributed by atoms with Gasteiger partial charge in [0.2, 0.25) is 0 Å². The van der Waals surface area contributed by atoms with E-state index in [-0.39, 0.29) is 18.0 Å². The van der Waals surface area contributed by atoms with Crippen LogP contribution in [0, 0.1) is 0 Å². The number of carbonyl (C=O) groups is 1. The maximum atomic E-state index is 12.8. The van der Waals surface area contributed by atoms with Crippen molar-refractivity contribution in [1.29, 1.82) is 0 Å². The lowest BCUT2D eigenvalue weighted by Crippen LogP contribution is -2.51. The first-order valence-electron chi connectivity index (χ1n) is 9.31. The van der Waals surface area contributed by atoms with Crippen LogP contribution < -0.4 is 10.5 Å². The van der Waals surface area contributed by atoms with Crippen LogP contribution in [0.4, 0.5) is 0 Å². The highest BCUT2D eigenvalue weighted by Gasteiger charge is 2.41. The lowest BCUT2D eigenvalue weighted by molar-refractivity contribution is -0.0231. The second-order valence-corrected chi connectivity index (χ2v) is 6.93. The summed E-state index contributed by atoms with van der Waals surface area (Å²) in [5.41, 5.74) is 6.01. The summed E-state index contributed by atoms with van der Waals surface area (Å²) in [7, 11) is 1.77. The minimum absolute atomic E-state index is 0.0814. The van der Waals surface area contributed by atoms with Crippen LogP contribution in [0.3, 0.4) is 0 Å². The molecule has 7 heteroatoms. The summed E-state index contributed by atoms with van der Waals surface area (Å²) >= 11 is 0. The number of nitrogens with zero attached hydrogens (tertiary/aromatic N) is 2. The van der Waals surface area contributed by atoms with Gasteiger partial charge in [0.05, 0.1) is 25.4 Å². The summed E-state index contributed by atoms with van der Waals surface area (Å²) in [6.07, 6.45) is 1.17. The number of rotatable bonds is 6. The molecule has 0 unspecified atom stereocenters. The van der Waals surface area contributed by atoms with Gasteiger partial charge in [0, 0.05) is 38.3 Å². The zero-order valence-corrected chi connectivity index (χ0v) is 15.3. The lowest BCUT2D eigenvalue weighted by atomic mass is 10.1. The Morgan fingerprint density at radius 3 is 2.65 bits per heavy atom. The molecule has 1 aromatic rings. The Morgan fingerprint density at radius 1 is 1.31 bits per heavy atom. The Morgan fingerprint density at radius 2 is 2.00 bits per heavy atom. The molecule has 7 nitrogen and oxygen atoms in total. The first kappa shape index (κ1) is 19.1. The molecule has 0 spiro atoms. The standard InChI is InChI=1S/C19H29N3O4/c1-21(19(24)14-2-4-15(5-3-14)26-11-8-20)16-6-7-17(18(16)23)22-9-12-25-13-10-22/h2-5,16-18,23H,6-13,20H2,1H3/t16-,17-,18-/m1/s1. The molecule has 0 bridgehead atoms. The summed E-state index contributed by atoms with van der Waals surface area (Å²) in [4.78, 5) is 16.8. The number of hydrogen-bond acceptors (Lipinski definition) is 6. The fourth-order valence-corrected chi connectivity index (χ4v) is 3.89. The van der Waals surface area contributed by atoms with Crippen molar-refractivity contribution in [3.05, 3.63) is 29.8 Å². The van der Waals surface area contributed by atoms with Crippen LogP contribution in [0.15, 0.2) is 24.3 Å². The molecule has 144 valence electrons. The van der Waals surface area contributed by atoms with Gasteiger partial charge in [-0.1, -0.05) is 0 Å². The topological polar surface area (TPSA) is 88.3 Å². The Hall–Kier alpha value is -1.67.